The zero-order chi connectivity index (χ0) is 19.2. The minimum atomic E-state index is -0.330. The van der Waals surface area contributed by atoms with Gasteiger partial charge in [0.05, 0.1) is 6.21 Å². The van der Waals surface area contributed by atoms with Gasteiger partial charge in [-0.05, 0) is 61.2 Å². The van der Waals surface area contributed by atoms with Crippen LogP contribution < -0.4 is 15.6 Å². The molecule has 1 aliphatic heterocycles. The van der Waals surface area contributed by atoms with E-state index in [9.17, 15) is 9.59 Å². The number of hydrogen-bond acceptors (Lipinski definition) is 4. The first-order chi connectivity index (χ1) is 13.0. The Morgan fingerprint density at radius 3 is 2.59 bits per heavy atom. The second-order valence-corrected chi connectivity index (χ2v) is 6.70. The lowest BCUT2D eigenvalue weighted by Crippen LogP contribution is -2.19. The van der Waals surface area contributed by atoms with Crippen LogP contribution in [-0.4, -0.2) is 31.1 Å². The number of hydrazone groups is 1. The highest BCUT2D eigenvalue weighted by molar-refractivity contribution is 5.97. The lowest BCUT2D eigenvalue weighted by atomic mass is 10.1. The van der Waals surface area contributed by atoms with Crippen LogP contribution in [0.3, 0.4) is 0 Å². The van der Waals surface area contributed by atoms with Crippen molar-refractivity contribution in [2.75, 3.05) is 23.3 Å². The van der Waals surface area contributed by atoms with Gasteiger partial charge in [0.25, 0.3) is 5.91 Å². The Bertz CT molecular complexity index is 870. The molecule has 1 saturated heterocycles. The topological polar surface area (TPSA) is 73.8 Å². The van der Waals surface area contributed by atoms with Gasteiger partial charge in [-0.25, -0.2) is 5.43 Å². The zero-order valence-electron chi connectivity index (χ0n) is 15.7. The van der Waals surface area contributed by atoms with Crippen LogP contribution in [-0.2, 0) is 4.79 Å². The normalized spacial score (nSPS) is 13.8. The van der Waals surface area contributed by atoms with Crippen LogP contribution in [0.2, 0.25) is 0 Å². The van der Waals surface area contributed by atoms with Gasteiger partial charge in [0, 0.05) is 37.0 Å². The van der Waals surface area contributed by atoms with Gasteiger partial charge in [0.1, 0.15) is 0 Å². The number of hydrogen-bond donors (Lipinski definition) is 2. The molecule has 3 rings (SSSR count). The molecule has 0 bridgehead atoms. The van der Waals surface area contributed by atoms with Gasteiger partial charge in [0.15, 0.2) is 0 Å². The van der Waals surface area contributed by atoms with Crippen LogP contribution in [0.5, 0.6) is 0 Å². The summed E-state index contributed by atoms with van der Waals surface area (Å²) in [5.74, 6) is -0.512. The lowest BCUT2D eigenvalue weighted by Gasteiger charge is -2.20. The number of benzene rings is 2. The van der Waals surface area contributed by atoms with E-state index >= 15 is 0 Å². The van der Waals surface area contributed by atoms with E-state index in [4.69, 9.17) is 0 Å². The first kappa shape index (κ1) is 18.6. The molecular formula is C21H24N4O2. The molecule has 2 N–H and O–H groups in total. The van der Waals surface area contributed by atoms with Crippen molar-refractivity contribution in [3.63, 3.8) is 0 Å². The molecule has 140 valence electrons. The fraction of sp³-hybridized carbons (Fsp3) is 0.286. The van der Waals surface area contributed by atoms with Crippen molar-refractivity contribution in [1.29, 1.82) is 0 Å². The Hall–Kier alpha value is -3.15. The highest BCUT2D eigenvalue weighted by Crippen LogP contribution is 2.24. The highest BCUT2D eigenvalue weighted by atomic mass is 16.2. The average molecular weight is 364 g/mol. The third kappa shape index (κ3) is 4.94. The molecule has 0 spiro atoms. The van der Waals surface area contributed by atoms with E-state index in [2.05, 4.69) is 39.8 Å². The molecule has 2 aromatic rings. The molecule has 0 saturated carbocycles. The Kier molecular flexibility index (Phi) is 5.86. The number of amides is 2. The predicted octanol–water partition coefficient (Wildman–Crippen LogP) is 3.32. The third-order valence-electron chi connectivity index (χ3n) is 4.49. The minimum absolute atomic E-state index is 0.182. The summed E-state index contributed by atoms with van der Waals surface area (Å²) in [6.45, 7) is 5.74. The number of rotatable bonds is 5. The molecule has 6 nitrogen and oxygen atoms in total. The van der Waals surface area contributed by atoms with E-state index in [-0.39, 0.29) is 11.8 Å². The number of anilines is 2. The van der Waals surface area contributed by atoms with Crippen LogP contribution >= 0.6 is 0 Å². The van der Waals surface area contributed by atoms with E-state index in [0.29, 0.717) is 11.3 Å². The molecule has 0 radical (unpaired) electrons. The first-order valence-electron chi connectivity index (χ1n) is 9.09. The highest BCUT2D eigenvalue weighted by Gasteiger charge is 2.14. The van der Waals surface area contributed by atoms with E-state index in [1.165, 1.54) is 31.0 Å². The summed E-state index contributed by atoms with van der Waals surface area (Å²) in [6.07, 6.45) is 4.13. The number of carbonyl (C=O) groups excluding carboxylic acids is 2. The molecule has 0 aromatic heterocycles. The van der Waals surface area contributed by atoms with Crippen LogP contribution in [0.4, 0.5) is 11.4 Å². The summed E-state index contributed by atoms with van der Waals surface area (Å²) in [5.41, 5.74) is 6.93. The molecule has 27 heavy (non-hydrogen) atoms. The zero-order valence-corrected chi connectivity index (χ0v) is 15.7. The number of aryl methyl sites for hydroxylation is 1. The maximum absolute atomic E-state index is 12.2. The van der Waals surface area contributed by atoms with Crippen LogP contribution in [0, 0.1) is 6.92 Å². The summed E-state index contributed by atoms with van der Waals surface area (Å²) < 4.78 is 0. The fourth-order valence-corrected chi connectivity index (χ4v) is 3.24. The molecule has 0 unspecified atom stereocenters. The Morgan fingerprint density at radius 1 is 1.11 bits per heavy atom. The largest absolute Gasteiger partial charge is 0.371 e. The smallest absolute Gasteiger partial charge is 0.271 e. The van der Waals surface area contributed by atoms with Crippen molar-refractivity contribution in [2.45, 2.75) is 26.7 Å². The van der Waals surface area contributed by atoms with E-state index in [1.807, 2.05) is 6.07 Å². The molecule has 1 aliphatic rings. The van der Waals surface area contributed by atoms with Gasteiger partial charge < -0.3 is 10.2 Å². The lowest BCUT2D eigenvalue weighted by molar-refractivity contribution is -0.114. The van der Waals surface area contributed by atoms with E-state index in [1.54, 1.807) is 30.5 Å². The average Bonchev–Trinajstić information content (AvgIpc) is 3.16. The standard InChI is InChI=1S/C21H24N4O2/c1-15-12-17(8-9-20(15)25-10-3-4-11-25)14-22-24-21(27)18-6-5-7-19(13-18)23-16(2)26/h5-9,12-14H,3-4,10-11H2,1-2H3,(H,23,26)(H,24,27)/b22-14+. The quantitative estimate of drug-likeness (QED) is 0.631. The van der Waals surface area contributed by atoms with Crippen molar-refractivity contribution in [3.05, 3.63) is 59.2 Å². The minimum Gasteiger partial charge on any atom is -0.371 e. The second-order valence-electron chi connectivity index (χ2n) is 6.70. The van der Waals surface area contributed by atoms with Crippen molar-refractivity contribution in [3.8, 4) is 0 Å². The number of carbonyl (C=O) groups is 2. The van der Waals surface area contributed by atoms with Crippen molar-refractivity contribution in [2.24, 2.45) is 5.10 Å². The van der Waals surface area contributed by atoms with Gasteiger partial charge in [0.2, 0.25) is 5.91 Å². The van der Waals surface area contributed by atoms with Crippen LogP contribution in [0.25, 0.3) is 0 Å². The van der Waals surface area contributed by atoms with E-state index < -0.39 is 0 Å². The van der Waals surface area contributed by atoms with Gasteiger partial charge in [-0.3, -0.25) is 9.59 Å². The van der Waals surface area contributed by atoms with Gasteiger partial charge in [-0.1, -0.05) is 12.1 Å². The first-order valence-corrected chi connectivity index (χ1v) is 9.09. The molecule has 6 heteroatoms. The molecule has 1 heterocycles. The Labute approximate surface area is 159 Å². The second kappa shape index (κ2) is 8.49. The summed E-state index contributed by atoms with van der Waals surface area (Å²) in [5, 5.41) is 6.71. The Morgan fingerprint density at radius 2 is 1.89 bits per heavy atom. The van der Waals surface area contributed by atoms with Gasteiger partial charge in [-0.15, -0.1) is 0 Å². The van der Waals surface area contributed by atoms with Crippen molar-refractivity contribution in [1.82, 2.24) is 5.43 Å². The van der Waals surface area contributed by atoms with Gasteiger partial charge in [-0.2, -0.15) is 5.10 Å². The third-order valence-corrected chi connectivity index (χ3v) is 4.49. The summed E-state index contributed by atoms with van der Waals surface area (Å²) in [7, 11) is 0. The van der Waals surface area contributed by atoms with E-state index in [0.717, 1.165) is 18.7 Å². The fourth-order valence-electron chi connectivity index (χ4n) is 3.24. The number of nitrogens with zero attached hydrogens (tertiary/aromatic N) is 2. The maximum atomic E-state index is 12.2. The van der Waals surface area contributed by atoms with Crippen LogP contribution in [0.15, 0.2) is 47.6 Å². The summed E-state index contributed by atoms with van der Waals surface area (Å²) in [4.78, 5) is 25.7. The maximum Gasteiger partial charge on any atom is 0.271 e. The summed E-state index contributed by atoms with van der Waals surface area (Å²) >= 11 is 0. The van der Waals surface area contributed by atoms with Crippen molar-refractivity contribution >= 4 is 29.4 Å². The molecule has 2 aromatic carbocycles. The molecule has 0 aliphatic carbocycles. The van der Waals surface area contributed by atoms with Gasteiger partial charge >= 0.3 is 0 Å². The number of nitrogens with one attached hydrogen (secondary N) is 2. The predicted molar refractivity (Wildman–Crippen MR) is 108 cm³/mol. The monoisotopic (exact) mass is 364 g/mol. The summed E-state index contributed by atoms with van der Waals surface area (Å²) in [6, 6.07) is 12.9. The van der Waals surface area contributed by atoms with Crippen molar-refractivity contribution < 1.29 is 9.59 Å². The SMILES string of the molecule is CC(=O)Nc1cccc(C(=O)N/N=C/c2ccc(N3CCCC3)c(C)c2)c1. The Balaban J connectivity index is 1.62. The van der Waals surface area contributed by atoms with Crippen LogP contribution in [0.1, 0.15) is 41.3 Å². The molecule has 1 fully saturated rings. The molecular weight excluding hydrogens is 340 g/mol. The molecule has 0 atom stereocenters. The molecule has 2 amide bonds.